The fourth-order valence-electron chi connectivity index (χ4n) is 1.22. The highest BCUT2D eigenvalue weighted by Gasteiger charge is 2.20. The van der Waals surface area contributed by atoms with E-state index in [-0.39, 0.29) is 17.3 Å². The van der Waals surface area contributed by atoms with E-state index >= 15 is 0 Å². The number of anilines is 1. The van der Waals surface area contributed by atoms with Gasteiger partial charge in [0.2, 0.25) is 5.91 Å². The number of nitrogens with two attached hydrogens (primary N) is 1. The van der Waals surface area contributed by atoms with Gasteiger partial charge >= 0.3 is 5.97 Å². The van der Waals surface area contributed by atoms with Crippen LogP contribution in [0.3, 0.4) is 0 Å². The van der Waals surface area contributed by atoms with Gasteiger partial charge in [0, 0.05) is 4.90 Å². The Bertz CT molecular complexity index is 468. The summed E-state index contributed by atoms with van der Waals surface area (Å²) >= 11 is 0.814. The summed E-state index contributed by atoms with van der Waals surface area (Å²) in [5.74, 6) is -2.01. The molecule has 8 nitrogen and oxygen atoms in total. The number of carboxylic acid groups (broad SMARTS) is 1. The summed E-state index contributed by atoms with van der Waals surface area (Å²) in [5, 5.41) is 28.3. The van der Waals surface area contributed by atoms with Gasteiger partial charge in [-0.15, -0.1) is 0 Å². The van der Waals surface area contributed by atoms with Crippen molar-refractivity contribution >= 4 is 29.5 Å². The number of para-hydroxylation sites is 1. The molecule has 9 heteroatoms. The van der Waals surface area contributed by atoms with E-state index in [2.05, 4.69) is 4.72 Å². The highest BCUT2D eigenvalue weighted by atomic mass is 32.2. The van der Waals surface area contributed by atoms with E-state index in [9.17, 15) is 14.8 Å². The molecule has 0 saturated heterocycles. The largest absolute Gasteiger partial charge is 0.733 e. The van der Waals surface area contributed by atoms with Crippen LogP contribution in [0.15, 0.2) is 29.2 Å². The van der Waals surface area contributed by atoms with Crippen LogP contribution in [-0.4, -0.2) is 28.2 Å². The summed E-state index contributed by atoms with van der Waals surface area (Å²) in [6.45, 7) is 0. The first-order chi connectivity index (χ1) is 8.91. The fourth-order valence-corrected chi connectivity index (χ4v) is 2.07. The molecule has 0 saturated carbocycles. The first-order valence-electron chi connectivity index (χ1n) is 5.10. The van der Waals surface area contributed by atoms with Crippen LogP contribution < -0.4 is 15.7 Å². The molecule has 1 amide bonds. The van der Waals surface area contributed by atoms with Gasteiger partial charge in [-0.05, 0) is 24.1 Å². The number of benzene rings is 1. The molecular formula is C10H12N3O5S-. The lowest BCUT2D eigenvalue weighted by atomic mass is 10.2. The molecule has 1 aromatic rings. The second-order valence-electron chi connectivity index (χ2n) is 3.52. The Balaban J connectivity index is 2.74. The Morgan fingerprint density at radius 2 is 2.11 bits per heavy atom. The van der Waals surface area contributed by atoms with Crippen LogP contribution in [0.2, 0.25) is 0 Å². The topological polar surface area (TPSA) is 139 Å². The number of carbonyl (C=O) groups is 2. The van der Waals surface area contributed by atoms with E-state index in [0.29, 0.717) is 4.90 Å². The minimum atomic E-state index is -1.24. The zero-order chi connectivity index (χ0) is 14.4. The standard InChI is InChI=1S/C10H12N3O5S/c11-9(14)5-6(10(15)16)12-19-8-4-2-1-3-7(8)13(17)18/h1-4,6,12,17H,5H2,(H2,11,14)(H,15,16)/q-1/t6-/m0/s1. The number of amides is 1. The fraction of sp³-hybridized carbons (Fsp3) is 0.200. The van der Waals surface area contributed by atoms with Crippen molar-refractivity contribution in [2.24, 2.45) is 5.73 Å². The molecule has 5 N–H and O–H groups in total. The Hall–Kier alpha value is -1.81. The van der Waals surface area contributed by atoms with Crippen molar-refractivity contribution in [2.45, 2.75) is 17.4 Å². The summed E-state index contributed by atoms with van der Waals surface area (Å²) in [4.78, 5) is 21.9. The van der Waals surface area contributed by atoms with Gasteiger partial charge in [0.05, 0.1) is 12.1 Å². The van der Waals surface area contributed by atoms with Crippen molar-refractivity contribution in [2.75, 3.05) is 5.23 Å². The van der Waals surface area contributed by atoms with Gasteiger partial charge in [0.25, 0.3) is 0 Å². The summed E-state index contributed by atoms with van der Waals surface area (Å²) in [6.07, 6.45) is -0.384. The minimum Gasteiger partial charge on any atom is -0.733 e. The number of aliphatic carboxylic acids is 1. The third-order valence-electron chi connectivity index (χ3n) is 2.09. The molecule has 0 bridgehead atoms. The van der Waals surface area contributed by atoms with E-state index in [1.165, 1.54) is 12.1 Å². The Kier molecular flexibility index (Phi) is 5.57. The number of hydrogen-bond donors (Lipinski definition) is 4. The highest BCUT2D eigenvalue weighted by Crippen LogP contribution is 2.27. The van der Waals surface area contributed by atoms with Gasteiger partial charge in [0.1, 0.15) is 6.04 Å². The predicted octanol–water partition coefficient (Wildman–Crippen LogP) is 0.305. The van der Waals surface area contributed by atoms with Crippen LogP contribution in [0, 0.1) is 5.21 Å². The van der Waals surface area contributed by atoms with Gasteiger partial charge in [-0.2, -0.15) is 0 Å². The van der Waals surface area contributed by atoms with Crippen LogP contribution in [0.1, 0.15) is 6.42 Å². The molecule has 0 radical (unpaired) electrons. The average molecular weight is 286 g/mol. The average Bonchev–Trinajstić information content (AvgIpc) is 2.34. The number of nitrogens with zero attached hydrogens (tertiary/aromatic N) is 1. The molecule has 1 aromatic carbocycles. The second-order valence-corrected chi connectivity index (χ2v) is 4.40. The highest BCUT2D eigenvalue weighted by molar-refractivity contribution is 7.97. The van der Waals surface area contributed by atoms with Crippen molar-refractivity contribution in [1.82, 2.24) is 4.72 Å². The maximum atomic E-state index is 10.9. The molecule has 0 aliphatic rings. The van der Waals surface area contributed by atoms with Crippen LogP contribution in [0.5, 0.6) is 0 Å². The van der Waals surface area contributed by atoms with E-state index in [0.717, 1.165) is 11.9 Å². The second kappa shape index (κ2) is 6.95. The molecule has 0 aliphatic carbocycles. The van der Waals surface area contributed by atoms with Crippen molar-refractivity contribution in [1.29, 1.82) is 0 Å². The summed E-state index contributed by atoms with van der Waals surface area (Å²) < 4.78 is 2.50. The first-order valence-corrected chi connectivity index (χ1v) is 5.92. The van der Waals surface area contributed by atoms with Crippen molar-refractivity contribution in [3.63, 3.8) is 0 Å². The zero-order valence-corrected chi connectivity index (χ0v) is 10.5. The zero-order valence-electron chi connectivity index (χ0n) is 9.65. The molecule has 0 fully saturated rings. The molecule has 19 heavy (non-hydrogen) atoms. The predicted molar refractivity (Wildman–Crippen MR) is 68.3 cm³/mol. The lowest BCUT2D eigenvalue weighted by molar-refractivity contribution is -0.140. The van der Waals surface area contributed by atoms with Gasteiger partial charge < -0.3 is 21.3 Å². The Labute approximate surface area is 112 Å². The van der Waals surface area contributed by atoms with Gasteiger partial charge in [0.15, 0.2) is 0 Å². The third kappa shape index (κ3) is 4.75. The lowest BCUT2D eigenvalue weighted by Crippen LogP contribution is -2.36. The van der Waals surface area contributed by atoms with Crippen molar-refractivity contribution in [3.8, 4) is 0 Å². The minimum absolute atomic E-state index is 0.0387. The Morgan fingerprint density at radius 1 is 1.47 bits per heavy atom. The Morgan fingerprint density at radius 3 is 2.63 bits per heavy atom. The smallest absolute Gasteiger partial charge is 0.322 e. The SMILES string of the molecule is NC(=O)C[C@H](NSc1ccccc1N([O-])O)C(=O)O. The maximum Gasteiger partial charge on any atom is 0.322 e. The normalized spacial score (nSPS) is 11.9. The number of carboxylic acids is 1. The first kappa shape index (κ1) is 15.2. The molecule has 104 valence electrons. The van der Waals surface area contributed by atoms with E-state index in [1.54, 1.807) is 12.1 Å². The van der Waals surface area contributed by atoms with Crippen LogP contribution in [0.4, 0.5) is 5.69 Å². The molecule has 0 heterocycles. The van der Waals surface area contributed by atoms with E-state index < -0.39 is 17.9 Å². The quantitative estimate of drug-likeness (QED) is 0.414. The third-order valence-corrected chi connectivity index (χ3v) is 3.05. The summed E-state index contributed by atoms with van der Waals surface area (Å²) in [5.41, 5.74) is 4.89. The molecule has 1 atom stereocenters. The monoisotopic (exact) mass is 286 g/mol. The van der Waals surface area contributed by atoms with Crippen LogP contribution in [0.25, 0.3) is 0 Å². The van der Waals surface area contributed by atoms with Crippen molar-refractivity contribution < 1.29 is 19.9 Å². The summed E-state index contributed by atoms with van der Waals surface area (Å²) in [7, 11) is 0. The van der Waals surface area contributed by atoms with Crippen molar-refractivity contribution in [3.05, 3.63) is 29.5 Å². The number of carbonyl (C=O) groups excluding carboxylic acids is 1. The lowest BCUT2D eigenvalue weighted by Gasteiger charge is -2.24. The number of hydrogen-bond acceptors (Lipinski definition) is 7. The molecular weight excluding hydrogens is 274 g/mol. The van der Waals surface area contributed by atoms with Gasteiger partial charge in [-0.25, -0.2) is 4.72 Å². The van der Waals surface area contributed by atoms with Crippen LogP contribution >= 0.6 is 11.9 Å². The molecule has 0 spiro atoms. The summed E-state index contributed by atoms with van der Waals surface area (Å²) in [6, 6.07) is 4.84. The van der Waals surface area contributed by atoms with Gasteiger partial charge in [-0.1, -0.05) is 12.1 Å². The molecule has 1 rings (SSSR count). The van der Waals surface area contributed by atoms with Crippen LogP contribution in [-0.2, 0) is 9.59 Å². The van der Waals surface area contributed by atoms with E-state index in [1.807, 2.05) is 0 Å². The molecule has 0 aliphatic heterocycles. The number of rotatable bonds is 7. The van der Waals surface area contributed by atoms with Gasteiger partial charge in [-0.3, -0.25) is 14.8 Å². The number of primary amides is 1. The molecule has 0 aromatic heterocycles. The maximum absolute atomic E-state index is 10.9. The molecule has 0 unspecified atom stereocenters. The van der Waals surface area contributed by atoms with E-state index in [4.69, 9.17) is 16.0 Å². The number of nitrogens with one attached hydrogen (secondary N) is 1.